The third-order valence-electron chi connectivity index (χ3n) is 5.96. The molecule has 5 rings (SSSR count). The number of hydrogen-bond donors (Lipinski definition) is 1. The highest BCUT2D eigenvalue weighted by Crippen LogP contribution is 2.52. The Hall–Kier alpha value is -3.41. The SMILES string of the molecule is OC(C1=C=CC=C1)(c1ccccc1)C(C1=C=CC=C1)[C@H]1CC=Nc2ccccc21. The van der Waals surface area contributed by atoms with Crippen molar-refractivity contribution in [2.75, 3.05) is 0 Å². The summed E-state index contributed by atoms with van der Waals surface area (Å²) in [4.78, 5) is 4.60. The Kier molecular flexibility index (Phi) is 4.39. The van der Waals surface area contributed by atoms with Crippen molar-refractivity contribution in [3.8, 4) is 0 Å². The first-order valence-corrected chi connectivity index (χ1v) is 9.95. The molecule has 3 aliphatic rings. The monoisotopic (exact) mass is 375 g/mol. The van der Waals surface area contributed by atoms with Crippen LogP contribution in [0.5, 0.6) is 0 Å². The van der Waals surface area contributed by atoms with Crippen molar-refractivity contribution >= 4 is 11.9 Å². The van der Waals surface area contributed by atoms with E-state index in [1.165, 1.54) is 0 Å². The molecular weight excluding hydrogens is 354 g/mol. The molecule has 2 aromatic rings. The van der Waals surface area contributed by atoms with Crippen LogP contribution < -0.4 is 0 Å². The zero-order valence-electron chi connectivity index (χ0n) is 16.0. The summed E-state index contributed by atoms with van der Waals surface area (Å²) in [5.41, 5.74) is 10.2. The highest BCUT2D eigenvalue weighted by molar-refractivity contribution is 5.71. The zero-order valence-corrected chi connectivity index (χ0v) is 16.0. The molecule has 140 valence electrons. The topological polar surface area (TPSA) is 32.6 Å². The van der Waals surface area contributed by atoms with E-state index in [2.05, 4.69) is 34.7 Å². The number of para-hydroxylation sites is 1. The lowest BCUT2D eigenvalue weighted by molar-refractivity contribution is 0.0218. The summed E-state index contributed by atoms with van der Waals surface area (Å²) >= 11 is 0. The van der Waals surface area contributed by atoms with E-state index in [9.17, 15) is 5.11 Å². The maximum Gasteiger partial charge on any atom is 0.130 e. The lowest BCUT2D eigenvalue weighted by atomic mass is 9.64. The molecule has 0 saturated heterocycles. The molecule has 3 atom stereocenters. The maximum atomic E-state index is 12.5. The van der Waals surface area contributed by atoms with Gasteiger partial charge in [-0.05, 0) is 41.8 Å². The third kappa shape index (κ3) is 2.92. The van der Waals surface area contributed by atoms with Crippen LogP contribution in [0.1, 0.15) is 23.5 Å². The van der Waals surface area contributed by atoms with E-state index in [0.717, 1.165) is 34.4 Å². The standard InChI is InChI=1S/C27H21NO/c29-27(22-14-6-7-15-22,21-12-2-1-3-13-21)26(20-10-4-5-11-20)24-18-19-28-25-17-9-8-16-23(24)25/h1-10,12-14,16-17,19,24,26,29H,18H2/t24-,26?,27?/m0/s1. The lowest BCUT2D eigenvalue weighted by Gasteiger charge is -2.42. The molecule has 2 unspecified atom stereocenters. The van der Waals surface area contributed by atoms with E-state index >= 15 is 0 Å². The molecule has 0 spiro atoms. The molecule has 29 heavy (non-hydrogen) atoms. The minimum atomic E-state index is -1.24. The number of fused-ring (bicyclic) bond motifs is 1. The molecule has 2 nitrogen and oxygen atoms in total. The average molecular weight is 375 g/mol. The van der Waals surface area contributed by atoms with Gasteiger partial charge >= 0.3 is 0 Å². The fourth-order valence-electron chi connectivity index (χ4n) is 4.66. The smallest absolute Gasteiger partial charge is 0.130 e. The molecule has 1 heterocycles. The van der Waals surface area contributed by atoms with Gasteiger partial charge in [0, 0.05) is 29.2 Å². The van der Waals surface area contributed by atoms with Crippen LogP contribution in [0.4, 0.5) is 5.69 Å². The predicted octanol–water partition coefficient (Wildman–Crippen LogP) is 5.68. The quantitative estimate of drug-likeness (QED) is 0.670. The Labute approximate surface area is 170 Å². The van der Waals surface area contributed by atoms with Crippen molar-refractivity contribution in [2.24, 2.45) is 10.9 Å². The summed E-state index contributed by atoms with van der Waals surface area (Å²) < 4.78 is 0. The molecule has 0 saturated carbocycles. The third-order valence-corrected chi connectivity index (χ3v) is 5.96. The first kappa shape index (κ1) is 17.7. The van der Waals surface area contributed by atoms with Gasteiger partial charge in [-0.3, -0.25) is 4.99 Å². The molecule has 1 N–H and O–H groups in total. The number of hydrogen-bond acceptors (Lipinski definition) is 2. The average Bonchev–Trinajstić information content (AvgIpc) is 3.49. The number of aliphatic hydroxyl groups is 1. The number of aliphatic imine (C=N–C) groups is 1. The molecule has 2 aromatic carbocycles. The Balaban J connectivity index is 1.76. The van der Waals surface area contributed by atoms with Crippen LogP contribution in [0.15, 0.2) is 119 Å². The van der Waals surface area contributed by atoms with E-state index < -0.39 is 5.60 Å². The number of nitrogens with zero attached hydrogens (tertiary/aromatic N) is 1. The summed E-state index contributed by atoms with van der Waals surface area (Å²) in [6, 6.07) is 18.2. The predicted molar refractivity (Wildman–Crippen MR) is 117 cm³/mol. The van der Waals surface area contributed by atoms with E-state index in [1.807, 2.05) is 79.1 Å². The second-order valence-corrected chi connectivity index (χ2v) is 7.53. The second-order valence-electron chi connectivity index (χ2n) is 7.53. The summed E-state index contributed by atoms with van der Waals surface area (Å²) in [7, 11) is 0. The highest BCUT2D eigenvalue weighted by Gasteiger charge is 2.48. The van der Waals surface area contributed by atoms with Gasteiger partial charge in [-0.15, -0.1) is 11.5 Å². The fraction of sp³-hybridized carbons (Fsp3) is 0.148. The fourth-order valence-corrected chi connectivity index (χ4v) is 4.66. The van der Waals surface area contributed by atoms with Crippen LogP contribution in [-0.2, 0) is 5.60 Å². The van der Waals surface area contributed by atoms with Crippen LogP contribution in [0, 0.1) is 5.92 Å². The molecule has 0 radical (unpaired) electrons. The van der Waals surface area contributed by atoms with E-state index in [4.69, 9.17) is 0 Å². The largest absolute Gasteiger partial charge is 0.379 e. The van der Waals surface area contributed by atoms with Gasteiger partial charge in [-0.2, -0.15) is 0 Å². The second kappa shape index (κ2) is 7.20. The lowest BCUT2D eigenvalue weighted by Crippen LogP contribution is -2.41. The van der Waals surface area contributed by atoms with Crippen molar-refractivity contribution in [3.63, 3.8) is 0 Å². The molecule has 2 heteroatoms. The van der Waals surface area contributed by atoms with Crippen molar-refractivity contribution in [2.45, 2.75) is 17.9 Å². The van der Waals surface area contributed by atoms with Gasteiger partial charge in [0.2, 0.25) is 0 Å². The molecule has 0 bridgehead atoms. The minimum absolute atomic E-state index is 0.0656. The van der Waals surface area contributed by atoms with Gasteiger partial charge in [0.1, 0.15) is 5.60 Å². The highest BCUT2D eigenvalue weighted by atomic mass is 16.3. The molecule has 1 aliphatic heterocycles. The van der Waals surface area contributed by atoms with Gasteiger partial charge in [-0.25, -0.2) is 0 Å². The van der Waals surface area contributed by atoms with Crippen LogP contribution in [0.3, 0.4) is 0 Å². The van der Waals surface area contributed by atoms with Crippen LogP contribution >= 0.6 is 0 Å². The Bertz CT molecular complexity index is 1170. The molecular formula is C27H21NO. The van der Waals surface area contributed by atoms with Crippen molar-refractivity contribution in [1.29, 1.82) is 0 Å². The van der Waals surface area contributed by atoms with E-state index in [1.54, 1.807) is 0 Å². The maximum absolute atomic E-state index is 12.5. The molecule has 2 aliphatic carbocycles. The normalized spacial score (nSPS) is 21.6. The van der Waals surface area contributed by atoms with Crippen LogP contribution in [0.2, 0.25) is 0 Å². The summed E-state index contributed by atoms with van der Waals surface area (Å²) in [5.74, 6) is -0.165. The summed E-state index contributed by atoms with van der Waals surface area (Å²) in [6.45, 7) is 0. The van der Waals surface area contributed by atoms with Crippen LogP contribution in [-0.4, -0.2) is 11.3 Å². The molecule has 0 fully saturated rings. The van der Waals surface area contributed by atoms with Gasteiger partial charge < -0.3 is 5.11 Å². The molecule has 0 aromatic heterocycles. The zero-order chi connectivity index (χ0) is 19.7. The number of benzene rings is 2. The van der Waals surface area contributed by atoms with Gasteiger partial charge in [0.05, 0.1) is 5.69 Å². The van der Waals surface area contributed by atoms with Crippen molar-refractivity contribution < 1.29 is 5.11 Å². The van der Waals surface area contributed by atoms with Gasteiger partial charge in [-0.1, -0.05) is 66.8 Å². The Morgan fingerprint density at radius 1 is 0.931 bits per heavy atom. The first-order valence-electron chi connectivity index (χ1n) is 9.95. The van der Waals surface area contributed by atoms with E-state index in [0.29, 0.717) is 0 Å². The number of allylic oxidation sites excluding steroid dienone is 3. The summed E-state index contributed by atoms with van der Waals surface area (Å²) in [5, 5.41) is 12.5. The van der Waals surface area contributed by atoms with Gasteiger partial charge in [0.15, 0.2) is 0 Å². The van der Waals surface area contributed by atoms with Gasteiger partial charge in [0.25, 0.3) is 0 Å². The Morgan fingerprint density at radius 2 is 1.69 bits per heavy atom. The van der Waals surface area contributed by atoms with E-state index in [-0.39, 0.29) is 11.8 Å². The summed E-state index contributed by atoms with van der Waals surface area (Å²) in [6.07, 6.45) is 14.5. The van der Waals surface area contributed by atoms with Crippen molar-refractivity contribution in [1.82, 2.24) is 0 Å². The minimum Gasteiger partial charge on any atom is -0.379 e. The van der Waals surface area contributed by atoms with Crippen molar-refractivity contribution in [3.05, 3.63) is 125 Å². The van der Waals surface area contributed by atoms with Crippen LogP contribution in [0.25, 0.3) is 0 Å². The Morgan fingerprint density at radius 3 is 2.45 bits per heavy atom. The first-order chi connectivity index (χ1) is 14.3. The number of rotatable bonds is 5. The molecule has 0 amide bonds.